The van der Waals surface area contributed by atoms with Crippen LogP contribution >= 0.6 is 0 Å². The van der Waals surface area contributed by atoms with Crippen LogP contribution in [-0.2, 0) is 9.59 Å². The van der Waals surface area contributed by atoms with Crippen molar-refractivity contribution in [3.8, 4) is 0 Å². The molecule has 1 fully saturated rings. The molecule has 0 spiro atoms. The molecule has 2 aliphatic carbocycles. The maximum Gasteiger partial charge on any atom is 0.308 e. The number of hydrogen-bond acceptors (Lipinski definition) is 2. The number of aliphatic carboxylic acids is 2. The second-order valence-corrected chi connectivity index (χ2v) is 4.97. The highest BCUT2D eigenvalue weighted by Crippen LogP contribution is 2.58. The lowest BCUT2D eigenvalue weighted by atomic mass is 9.71. The predicted octanol–water partition coefficient (Wildman–Crippen LogP) is 1.93. The second-order valence-electron chi connectivity index (χ2n) is 4.97. The summed E-state index contributed by atoms with van der Waals surface area (Å²) in [5, 5.41) is 18.5. The van der Waals surface area contributed by atoms with E-state index in [1.54, 1.807) is 6.08 Å². The molecule has 0 radical (unpaired) electrons. The molecule has 0 aromatic rings. The van der Waals surface area contributed by atoms with Crippen LogP contribution in [0.4, 0.5) is 0 Å². The van der Waals surface area contributed by atoms with Crippen LogP contribution in [-0.4, -0.2) is 22.2 Å². The molecule has 17 heavy (non-hydrogen) atoms. The SMILES string of the molecule is C=CCCC12C=CC(C1)C(C(=O)O)C2C(=O)O. The Labute approximate surface area is 99.6 Å². The maximum absolute atomic E-state index is 11.4. The summed E-state index contributed by atoms with van der Waals surface area (Å²) in [6.45, 7) is 3.64. The van der Waals surface area contributed by atoms with E-state index in [2.05, 4.69) is 6.58 Å². The summed E-state index contributed by atoms with van der Waals surface area (Å²) >= 11 is 0. The molecule has 4 unspecified atom stereocenters. The normalized spacial score (nSPS) is 38.2. The van der Waals surface area contributed by atoms with Crippen molar-refractivity contribution in [3.05, 3.63) is 24.8 Å². The molecule has 4 nitrogen and oxygen atoms in total. The quantitative estimate of drug-likeness (QED) is 0.715. The van der Waals surface area contributed by atoms with Crippen LogP contribution in [0.25, 0.3) is 0 Å². The lowest BCUT2D eigenvalue weighted by Gasteiger charge is -2.31. The van der Waals surface area contributed by atoms with Crippen LogP contribution < -0.4 is 0 Å². The van der Waals surface area contributed by atoms with Crippen molar-refractivity contribution in [2.45, 2.75) is 19.3 Å². The lowest BCUT2D eigenvalue weighted by molar-refractivity contribution is -0.156. The summed E-state index contributed by atoms with van der Waals surface area (Å²) in [5.74, 6) is -3.68. The zero-order chi connectivity index (χ0) is 12.6. The van der Waals surface area contributed by atoms with E-state index in [4.69, 9.17) is 0 Å². The topological polar surface area (TPSA) is 74.6 Å². The van der Waals surface area contributed by atoms with Crippen molar-refractivity contribution >= 4 is 11.9 Å². The molecule has 0 amide bonds. The number of rotatable bonds is 5. The average molecular weight is 236 g/mol. The summed E-state index contributed by atoms with van der Waals surface area (Å²) < 4.78 is 0. The Morgan fingerprint density at radius 3 is 2.65 bits per heavy atom. The van der Waals surface area contributed by atoms with Crippen LogP contribution in [0.1, 0.15) is 19.3 Å². The van der Waals surface area contributed by atoms with Gasteiger partial charge in [-0.3, -0.25) is 9.59 Å². The van der Waals surface area contributed by atoms with Crippen LogP contribution in [0, 0.1) is 23.2 Å². The summed E-state index contributed by atoms with van der Waals surface area (Å²) in [4.78, 5) is 22.6. The maximum atomic E-state index is 11.4. The number of carboxylic acid groups (broad SMARTS) is 2. The number of carbonyl (C=O) groups is 2. The highest BCUT2D eigenvalue weighted by atomic mass is 16.4. The molecule has 0 aliphatic heterocycles. The van der Waals surface area contributed by atoms with Crippen molar-refractivity contribution in [2.24, 2.45) is 23.2 Å². The molecule has 2 rings (SSSR count). The third-order valence-electron chi connectivity index (χ3n) is 4.10. The highest BCUT2D eigenvalue weighted by Gasteiger charge is 2.60. The molecule has 2 aliphatic rings. The molecule has 0 aromatic carbocycles. The lowest BCUT2D eigenvalue weighted by Crippen LogP contribution is -2.38. The van der Waals surface area contributed by atoms with E-state index in [0.29, 0.717) is 19.3 Å². The molecule has 0 aromatic heterocycles. The van der Waals surface area contributed by atoms with E-state index in [9.17, 15) is 19.8 Å². The van der Waals surface area contributed by atoms with Crippen molar-refractivity contribution in [1.82, 2.24) is 0 Å². The zero-order valence-corrected chi connectivity index (χ0v) is 9.50. The van der Waals surface area contributed by atoms with Gasteiger partial charge in [0.25, 0.3) is 0 Å². The largest absolute Gasteiger partial charge is 0.481 e. The summed E-state index contributed by atoms with van der Waals surface area (Å²) in [7, 11) is 0. The Hall–Kier alpha value is -1.58. The van der Waals surface area contributed by atoms with Gasteiger partial charge < -0.3 is 10.2 Å². The second kappa shape index (κ2) is 4.02. The van der Waals surface area contributed by atoms with Gasteiger partial charge in [-0.1, -0.05) is 18.2 Å². The average Bonchev–Trinajstić information content (AvgIpc) is 2.81. The van der Waals surface area contributed by atoms with E-state index in [0.717, 1.165) is 0 Å². The molecule has 1 saturated carbocycles. The Morgan fingerprint density at radius 1 is 1.41 bits per heavy atom. The summed E-state index contributed by atoms with van der Waals surface area (Å²) in [5.41, 5.74) is -0.478. The van der Waals surface area contributed by atoms with Gasteiger partial charge in [0.15, 0.2) is 0 Å². The Balaban J connectivity index is 2.33. The summed E-state index contributed by atoms with van der Waals surface area (Å²) in [6, 6.07) is 0. The van der Waals surface area contributed by atoms with Crippen molar-refractivity contribution < 1.29 is 19.8 Å². The van der Waals surface area contributed by atoms with E-state index in [-0.39, 0.29) is 5.92 Å². The number of allylic oxidation sites excluding steroid dienone is 3. The van der Waals surface area contributed by atoms with E-state index in [1.807, 2.05) is 12.2 Å². The molecular weight excluding hydrogens is 220 g/mol. The van der Waals surface area contributed by atoms with E-state index >= 15 is 0 Å². The minimum Gasteiger partial charge on any atom is -0.481 e. The summed E-state index contributed by atoms with van der Waals surface area (Å²) in [6.07, 6.45) is 7.58. The van der Waals surface area contributed by atoms with Gasteiger partial charge >= 0.3 is 11.9 Å². The molecular formula is C13H16O4. The van der Waals surface area contributed by atoms with E-state index in [1.165, 1.54) is 0 Å². The van der Waals surface area contributed by atoms with Gasteiger partial charge in [0.05, 0.1) is 11.8 Å². The van der Waals surface area contributed by atoms with Gasteiger partial charge in [-0.05, 0) is 25.2 Å². The first kappa shape index (κ1) is 11.9. The zero-order valence-electron chi connectivity index (χ0n) is 9.50. The first-order valence-electron chi connectivity index (χ1n) is 5.78. The third kappa shape index (κ3) is 1.68. The third-order valence-corrected chi connectivity index (χ3v) is 4.10. The van der Waals surface area contributed by atoms with Crippen molar-refractivity contribution in [3.63, 3.8) is 0 Å². The fourth-order valence-electron chi connectivity index (χ4n) is 3.41. The number of carboxylic acids is 2. The predicted molar refractivity (Wildman–Crippen MR) is 61.4 cm³/mol. The minimum atomic E-state index is -0.993. The molecule has 0 saturated heterocycles. The Kier molecular flexibility index (Phi) is 2.81. The molecule has 0 heterocycles. The van der Waals surface area contributed by atoms with Gasteiger partial charge in [-0.25, -0.2) is 0 Å². The molecule has 92 valence electrons. The van der Waals surface area contributed by atoms with Gasteiger partial charge in [0.2, 0.25) is 0 Å². The fraction of sp³-hybridized carbons (Fsp3) is 0.538. The van der Waals surface area contributed by atoms with Crippen molar-refractivity contribution in [2.75, 3.05) is 0 Å². The molecule has 4 atom stereocenters. The van der Waals surface area contributed by atoms with Crippen molar-refractivity contribution in [1.29, 1.82) is 0 Å². The van der Waals surface area contributed by atoms with Gasteiger partial charge in [0.1, 0.15) is 0 Å². The van der Waals surface area contributed by atoms with Gasteiger partial charge in [0, 0.05) is 5.41 Å². The van der Waals surface area contributed by atoms with Gasteiger partial charge in [-0.2, -0.15) is 0 Å². The first-order valence-corrected chi connectivity index (χ1v) is 5.78. The minimum absolute atomic E-state index is 0.126. The Morgan fingerprint density at radius 2 is 2.12 bits per heavy atom. The van der Waals surface area contributed by atoms with Crippen LogP contribution in [0.15, 0.2) is 24.8 Å². The number of hydrogen-bond donors (Lipinski definition) is 2. The van der Waals surface area contributed by atoms with Crippen LogP contribution in [0.5, 0.6) is 0 Å². The molecule has 2 bridgehead atoms. The first-order chi connectivity index (χ1) is 8.02. The fourth-order valence-corrected chi connectivity index (χ4v) is 3.41. The van der Waals surface area contributed by atoms with Crippen LogP contribution in [0.3, 0.4) is 0 Å². The molecule has 2 N–H and O–H groups in total. The Bertz CT molecular complexity index is 398. The number of fused-ring (bicyclic) bond motifs is 2. The van der Waals surface area contributed by atoms with Gasteiger partial charge in [-0.15, -0.1) is 6.58 Å². The molecule has 4 heteroatoms. The standard InChI is InChI=1S/C13H16O4/c1-2-3-5-13-6-4-8(7-13)9(11(14)15)10(13)12(16)17/h2,4,6,8-10H,1,3,5,7H2,(H,14,15)(H,16,17). The smallest absolute Gasteiger partial charge is 0.308 e. The van der Waals surface area contributed by atoms with E-state index < -0.39 is 29.2 Å². The highest BCUT2D eigenvalue weighted by molar-refractivity contribution is 5.83. The monoisotopic (exact) mass is 236 g/mol. The van der Waals surface area contributed by atoms with Crippen LogP contribution in [0.2, 0.25) is 0 Å².